The van der Waals surface area contributed by atoms with E-state index in [-0.39, 0.29) is 5.54 Å². The lowest BCUT2D eigenvalue weighted by Crippen LogP contribution is -2.55. The fourth-order valence-electron chi connectivity index (χ4n) is 3.17. The van der Waals surface area contributed by atoms with E-state index in [1.165, 1.54) is 5.56 Å². The van der Waals surface area contributed by atoms with Crippen LogP contribution in [0.1, 0.15) is 24.0 Å². The summed E-state index contributed by atoms with van der Waals surface area (Å²) in [6, 6.07) is 6.22. The zero-order valence-corrected chi connectivity index (χ0v) is 9.61. The minimum absolute atomic E-state index is 0.219. The first-order valence-corrected chi connectivity index (χ1v) is 5.90. The highest BCUT2D eigenvalue weighted by Crippen LogP contribution is 2.41. The van der Waals surface area contributed by atoms with Crippen LogP contribution in [0.15, 0.2) is 18.2 Å². The van der Waals surface area contributed by atoms with Crippen LogP contribution in [0.2, 0.25) is 0 Å². The first kappa shape index (κ1) is 10.1. The molecule has 1 heterocycles. The number of hydrogen-bond acceptors (Lipinski definition) is 3. The Morgan fingerprint density at radius 3 is 3.12 bits per heavy atom. The molecule has 2 atom stereocenters. The normalized spacial score (nSPS) is 33.5. The third-order valence-corrected chi connectivity index (χ3v) is 4.22. The van der Waals surface area contributed by atoms with Crippen molar-refractivity contribution in [1.82, 2.24) is 4.90 Å². The van der Waals surface area contributed by atoms with E-state index in [2.05, 4.69) is 11.9 Å². The van der Waals surface area contributed by atoms with Gasteiger partial charge in [-0.1, -0.05) is 6.07 Å². The van der Waals surface area contributed by atoms with Gasteiger partial charge in [-0.15, -0.1) is 0 Å². The highest BCUT2D eigenvalue weighted by atomic mass is 16.3. The summed E-state index contributed by atoms with van der Waals surface area (Å²) < 4.78 is 0. The molecule has 3 N–H and O–H groups in total. The van der Waals surface area contributed by atoms with E-state index in [1.807, 2.05) is 12.1 Å². The van der Waals surface area contributed by atoms with Crippen LogP contribution < -0.4 is 5.73 Å². The molecular formula is C13H18N2O. The van der Waals surface area contributed by atoms with Gasteiger partial charge in [-0.3, -0.25) is 0 Å². The smallest absolute Gasteiger partial charge is 0.115 e. The molecule has 0 amide bonds. The molecule has 1 saturated heterocycles. The van der Waals surface area contributed by atoms with Gasteiger partial charge in [0, 0.05) is 18.1 Å². The Morgan fingerprint density at radius 2 is 2.31 bits per heavy atom. The maximum Gasteiger partial charge on any atom is 0.115 e. The van der Waals surface area contributed by atoms with Crippen molar-refractivity contribution in [1.29, 1.82) is 0 Å². The van der Waals surface area contributed by atoms with E-state index < -0.39 is 0 Å². The molecule has 2 aliphatic rings. The van der Waals surface area contributed by atoms with E-state index in [0.717, 1.165) is 31.4 Å². The topological polar surface area (TPSA) is 49.5 Å². The standard InChI is InChI=1S/C13H18N2O/c1-15-5-4-13(14)8-10(15)6-9-2-3-11(16)7-12(9)13/h2-3,7,10,16H,4-6,8,14H2,1H3/t10?,13-/m0/s1. The second kappa shape index (κ2) is 3.22. The Morgan fingerprint density at radius 1 is 1.50 bits per heavy atom. The van der Waals surface area contributed by atoms with Gasteiger partial charge in [-0.2, -0.15) is 0 Å². The minimum Gasteiger partial charge on any atom is -0.508 e. The first-order valence-electron chi connectivity index (χ1n) is 5.90. The van der Waals surface area contributed by atoms with Gasteiger partial charge < -0.3 is 15.7 Å². The maximum absolute atomic E-state index is 9.59. The summed E-state index contributed by atoms with van der Waals surface area (Å²) in [5.41, 5.74) is 8.76. The quantitative estimate of drug-likeness (QED) is 0.688. The fourth-order valence-corrected chi connectivity index (χ4v) is 3.17. The van der Waals surface area contributed by atoms with E-state index in [1.54, 1.807) is 6.07 Å². The highest BCUT2D eigenvalue weighted by molar-refractivity contribution is 5.42. The third-order valence-electron chi connectivity index (χ3n) is 4.22. The molecule has 1 aromatic rings. The number of hydrogen-bond donors (Lipinski definition) is 2. The van der Waals surface area contributed by atoms with Crippen LogP contribution in [0.25, 0.3) is 0 Å². The Bertz CT molecular complexity index is 432. The van der Waals surface area contributed by atoms with Crippen LogP contribution in [0.5, 0.6) is 5.75 Å². The van der Waals surface area contributed by atoms with Crippen LogP contribution in [-0.2, 0) is 12.0 Å². The highest BCUT2D eigenvalue weighted by Gasteiger charge is 2.42. The van der Waals surface area contributed by atoms with Gasteiger partial charge >= 0.3 is 0 Å². The number of rotatable bonds is 0. The second-order valence-corrected chi connectivity index (χ2v) is 5.29. The average molecular weight is 218 g/mol. The molecule has 3 nitrogen and oxygen atoms in total. The third kappa shape index (κ3) is 1.35. The Balaban J connectivity index is 2.11. The van der Waals surface area contributed by atoms with Crippen LogP contribution in [0.3, 0.4) is 0 Å². The van der Waals surface area contributed by atoms with E-state index >= 15 is 0 Å². The molecule has 1 aromatic carbocycles. The number of piperidine rings is 1. The number of phenols is 1. The summed E-state index contributed by atoms with van der Waals surface area (Å²) in [7, 11) is 2.18. The van der Waals surface area contributed by atoms with Crippen molar-refractivity contribution < 1.29 is 5.11 Å². The minimum atomic E-state index is -0.219. The summed E-state index contributed by atoms with van der Waals surface area (Å²) in [6.07, 6.45) is 3.06. The molecule has 1 aliphatic carbocycles. The zero-order valence-electron chi connectivity index (χ0n) is 9.61. The zero-order chi connectivity index (χ0) is 11.3. The molecule has 16 heavy (non-hydrogen) atoms. The molecule has 1 fully saturated rings. The largest absolute Gasteiger partial charge is 0.508 e. The summed E-state index contributed by atoms with van der Waals surface area (Å²) in [4.78, 5) is 2.40. The molecule has 0 saturated carbocycles. The second-order valence-electron chi connectivity index (χ2n) is 5.29. The summed E-state index contributed by atoms with van der Waals surface area (Å²) in [6.45, 7) is 1.05. The molecule has 1 unspecified atom stereocenters. The van der Waals surface area contributed by atoms with Crippen molar-refractivity contribution in [3.05, 3.63) is 29.3 Å². The van der Waals surface area contributed by atoms with E-state index in [4.69, 9.17) is 5.73 Å². The van der Waals surface area contributed by atoms with Gasteiger partial charge in [-0.05, 0) is 49.6 Å². The number of benzene rings is 1. The van der Waals surface area contributed by atoms with Gasteiger partial charge in [0.2, 0.25) is 0 Å². The fraction of sp³-hybridized carbons (Fsp3) is 0.538. The molecule has 0 spiro atoms. The van der Waals surface area contributed by atoms with Gasteiger partial charge in [0.05, 0.1) is 0 Å². The predicted molar refractivity (Wildman–Crippen MR) is 63.3 cm³/mol. The van der Waals surface area contributed by atoms with Crippen molar-refractivity contribution in [2.45, 2.75) is 30.8 Å². The Hall–Kier alpha value is -1.06. The number of fused-ring (bicyclic) bond motifs is 4. The van der Waals surface area contributed by atoms with Gasteiger partial charge in [0.25, 0.3) is 0 Å². The van der Waals surface area contributed by atoms with E-state index in [0.29, 0.717) is 11.8 Å². The molecule has 2 bridgehead atoms. The molecule has 3 heteroatoms. The molecular weight excluding hydrogens is 200 g/mol. The lowest BCUT2D eigenvalue weighted by Gasteiger charge is -2.48. The molecule has 3 rings (SSSR count). The molecule has 1 aliphatic heterocycles. The summed E-state index contributed by atoms with van der Waals surface area (Å²) in [5.74, 6) is 0.334. The number of nitrogens with zero attached hydrogens (tertiary/aromatic N) is 1. The lowest BCUT2D eigenvalue weighted by molar-refractivity contribution is 0.106. The SMILES string of the molecule is CN1CC[C@]2(N)CC1Cc1ccc(O)cc12. The number of phenolic OH excluding ortho intramolecular Hbond substituents is 1. The van der Waals surface area contributed by atoms with Crippen LogP contribution in [0.4, 0.5) is 0 Å². The van der Waals surface area contributed by atoms with Crippen molar-refractivity contribution in [3.63, 3.8) is 0 Å². The van der Waals surface area contributed by atoms with Gasteiger partial charge in [-0.25, -0.2) is 0 Å². The summed E-state index contributed by atoms with van der Waals surface area (Å²) in [5, 5.41) is 9.59. The van der Waals surface area contributed by atoms with Gasteiger partial charge in [0.15, 0.2) is 0 Å². The number of likely N-dealkylation sites (N-methyl/N-ethyl adjacent to an activating group) is 1. The maximum atomic E-state index is 9.59. The van der Waals surface area contributed by atoms with Crippen LogP contribution in [-0.4, -0.2) is 29.6 Å². The number of nitrogens with two attached hydrogens (primary N) is 1. The van der Waals surface area contributed by atoms with E-state index in [9.17, 15) is 5.11 Å². The van der Waals surface area contributed by atoms with Crippen molar-refractivity contribution in [2.24, 2.45) is 5.73 Å². The first-order chi connectivity index (χ1) is 7.58. The van der Waals surface area contributed by atoms with Crippen molar-refractivity contribution >= 4 is 0 Å². The monoisotopic (exact) mass is 218 g/mol. The number of likely N-dealkylation sites (tertiary alicyclic amines) is 1. The van der Waals surface area contributed by atoms with Crippen LogP contribution >= 0.6 is 0 Å². The molecule has 0 radical (unpaired) electrons. The number of aromatic hydroxyl groups is 1. The Kier molecular flexibility index (Phi) is 2.03. The average Bonchev–Trinajstić information content (AvgIpc) is 2.26. The lowest BCUT2D eigenvalue weighted by atomic mass is 9.70. The Labute approximate surface area is 95.9 Å². The summed E-state index contributed by atoms with van der Waals surface area (Å²) >= 11 is 0. The van der Waals surface area contributed by atoms with Gasteiger partial charge in [0.1, 0.15) is 5.75 Å². The van der Waals surface area contributed by atoms with Crippen molar-refractivity contribution in [2.75, 3.05) is 13.6 Å². The molecule has 0 aromatic heterocycles. The van der Waals surface area contributed by atoms with Crippen LogP contribution in [0, 0.1) is 0 Å². The van der Waals surface area contributed by atoms with Crippen molar-refractivity contribution in [3.8, 4) is 5.75 Å². The molecule has 86 valence electrons. The predicted octanol–water partition coefficient (Wildman–Crippen LogP) is 1.20.